The highest BCUT2D eigenvalue weighted by Crippen LogP contribution is 2.23. The van der Waals surface area contributed by atoms with Gasteiger partial charge in [-0.1, -0.05) is 47.5 Å². The Morgan fingerprint density at radius 1 is 1.25 bits per heavy atom. The molecule has 0 aliphatic carbocycles. The minimum Gasteiger partial charge on any atom is -0.294 e. The van der Waals surface area contributed by atoms with Crippen molar-refractivity contribution in [3.05, 3.63) is 70.2 Å². The number of hydrogen-bond acceptors (Lipinski definition) is 2. The van der Waals surface area contributed by atoms with Crippen molar-refractivity contribution >= 4 is 17.4 Å². The molecule has 20 heavy (non-hydrogen) atoms. The molecule has 2 rings (SSSR count). The Bertz CT molecular complexity index is 655. The second-order valence-corrected chi connectivity index (χ2v) is 5.17. The molecule has 0 saturated carbocycles. The van der Waals surface area contributed by atoms with E-state index in [1.807, 2.05) is 25.1 Å². The maximum atomic E-state index is 12.2. The Balaban J connectivity index is 2.17. The van der Waals surface area contributed by atoms with Gasteiger partial charge >= 0.3 is 0 Å². The molecule has 0 spiro atoms. The third-order valence-electron chi connectivity index (χ3n) is 3.16. The average molecular weight is 284 g/mol. The molecule has 0 fully saturated rings. The van der Waals surface area contributed by atoms with Crippen LogP contribution in [0.5, 0.6) is 0 Å². The normalized spacial score (nSPS) is 11.7. The van der Waals surface area contributed by atoms with E-state index in [0.717, 1.165) is 11.1 Å². The molecule has 0 saturated heterocycles. The smallest absolute Gasteiger partial charge is 0.164 e. The Hall–Kier alpha value is -2.11. The molecule has 0 aliphatic heterocycles. The number of carbonyl (C=O) groups excluding carboxylic acids is 1. The molecule has 0 aromatic heterocycles. The molecule has 3 heteroatoms. The first-order chi connectivity index (χ1) is 9.60. The van der Waals surface area contributed by atoms with Gasteiger partial charge in [-0.15, -0.1) is 0 Å². The van der Waals surface area contributed by atoms with Crippen molar-refractivity contribution in [2.45, 2.75) is 19.3 Å². The second-order valence-electron chi connectivity index (χ2n) is 4.73. The quantitative estimate of drug-likeness (QED) is 0.774. The third kappa shape index (κ3) is 3.46. The van der Waals surface area contributed by atoms with Crippen LogP contribution in [0.2, 0.25) is 5.02 Å². The fourth-order valence-electron chi connectivity index (χ4n) is 2.05. The first-order valence-corrected chi connectivity index (χ1v) is 6.73. The summed E-state index contributed by atoms with van der Waals surface area (Å²) in [5.41, 5.74) is 2.51. The van der Waals surface area contributed by atoms with Gasteiger partial charge in [0.2, 0.25) is 0 Å². The van der Waals surface area contributed by atoms with Gasteiger partial charge in [0.15, 0.2) is 5.78 Å². The zero-order chi connectivity index (χ0) is 14.5. The molecule has 0 bridgehead atoms. The van der Waals surface area contributed by atoms with Gasteiger partial charge in [0.1, 0.15) is 0 Å². The van der Waals surface area contributed by atoms with Gasteiger partial charge in [-0.3, -0.25) is 4.79 Å². The van der Waals surface area contributed by atoms with Crippen LogP contribution in [0.1, 0.15) is 33.8 Å². The number of carbonyl (C=O) groups is 1. The minimum atomic E-state index is -0.444. The molecule has 2 aromatic rings. The molecule has 100 valence electrons. The zero-order valence-electron chi connectivity index (χ0n) is 11.1. The first-order valence-electron chi connectivity index (χ1n) is 6.35. The third-order valence-corrected chi connectivity index (χ3v) is 3.41. The Morgan fingerprint density at radius 2 is 1.95 bits per heavy atom. The highest BCUT2D eigenvalue weighted by Gasteiger charge is 2.16. The van der Waals surface area contributed by atoms with E-state index >= 15 is 0 Å². The van der Waals surface area contributed by atoms with E-state index in [9.17, 15) is 10.1 Å². The molecule has 0 amide bonds. The Labute approximate surface area is 123 Å². The van der Waals surface area contributed by atoms with Crippen LogP contribution >= 0.6 is 11.6 Å². The summed E-state index contributed by atoms with van der Waals surface area (Å²) >= 11 is 5.83. The molecule has 2 aromatic carbocycles. The average Bonchev–Trinajstić information content (AvgIpc) is 2.45. The van der Waals surface area contributed by atoms with Crippen LogP contribution in [0.3, 0.4) is 0 Å². The predicted molar refractivity (Wildman–Crippen MR) is 79.9 cm³/mol. The van der Waals surface area contributed by atoms with Crippen LogP contribution in [0.4, 0.5) is 0 Å². The SMILES string of the molecule is Cc1cccc(C(=O)C[C@@H](C#N)c2ccc(Cl)cc2)c1. The zero-order valence-corrected chi connectivity index (χ0v) is 11.9. The minimum absolute atomic E-state index is 0.0183. The molecule has 0 radical (unpaired) electrons. The molecular formula is C17H14ClNO. The van der Waals surface area contributed by atoms with E-state index in [4.69, 9.17) is 11.6 Å². The van der Waals surface area contributed by atoms with Crippen molar-refractivity contribution in [2.24, 2.45) is 0 Å². The second kappa shape index (κ2) is 6.36. The fraction of sp³-hybridized carbons (Fsp3) is 0.176. The lowest BCUT2D eigenvalue weighted by atomic mass is 9.92. The lowest BCUT2D eigenvalue weighted by Gasteiger charge is -2.09. The molecule has 2 nitrogen and oxygen atoms in total. The largest absolute Gasteiger partial charge is 0.294 e. The monoisotopic (exact) mass is 283 g/mol. The van der Waals surface area contributed by atoms with E-state index < -0.39 is 5.92 Å². The number of Topliss-reactive ketones (excluding diaryl/α,β-unsaturated/α-hetero) is 1. The van der Waals surface area contributed by atoms with Crippen LogP contribution in [-0.4, -0.2) is 5.78 Å². The van der Waals surface area contributed by atoms with E-state index in [0.29, 0.717) is 10.6 Å². The lowest BCUT2D eigenvalue weighted by Crippen LogP contribution is -2.06. The lowest BCUT2D eigenvalue weighted by molar-refractivity contribution is 0.0979. The number of ketones is 1. The van der Waals surface area contributed by atoms with Crippen molar-refractivity contribution in [3.63, 3.8) is 0 Å². The maximum absolute atomic E-state index is 12.2. The number of benzene rings is 2. The summed E-state index contributed by atoms with van der Waals surface area (Å²) < 4.78 is 0. The molecule has 0 heterocycles. The van der Waals surface area contributed by atoms with Crippen LogP contribution < -0.4 is 0 Å². The summed E-state index contributed by atoms with van der Waals surface area (Å²) in [6.45, 7) is 1.94. The van der Waals surface area contributed by atoms with Crippen molar-refractivity contribution < 1.29 is 4.79 Å². The summed E-state index contributed by atoms with van der Waals surface area (Å²) in [6.07, 6.45) is 0.182. The number of hydrogen-bond donors (Lipinski definition) is 0. The van der Waals surface area contributed by atoms with Crippen molar-refractivity contribution in [3.8, 4) is 6.07 Å². The summed E-state index contributed by atoms with van der Waals surface area (Å²) in [4.78, 5) is 12.2. The number of halogens is 1. The first kappa shape index (κ1) is 14.3. The summed E-state index contributed by atoms with van der Waals surface area (Å²) in [6, 6.07) is 16.7. The summed E-state index contributed by atoms with van der Waals surface area (Å²) in [5.74, 6) is -0.463. The van der Waals surface area contributed by atoms with Gasteiger partial charge in [0, 0.05) is 17.0 Å². The van der Waals surface area contributed by atoms with Gasteiger partial charge in [-0.2, -0.15) is 5.26 Å². The predicted octanol–water partition coefficient (Wildman–Crippen LogP) is 4.53. The fourth-order valence-corrected chi connectivity index (χ4v) is 2.18. The highest BCUT2D eigenvalue weighted by atomic mass is 35.5. The van der Waals surface area contributed by atoms with Gasteiger partial charge in [-0.05, 0) is 30.7 Å². The molecule has 0 N–H and O–H groups in total. The van der Waals surface area contributed by atoms with Crippen molar-refractivity contribution in [1.29, 1.82) is 5.26 Å². The van der Waals surface area contributed by atoms with E-state index in [-0.39, 0.29) is 12.2 Å². The van der Waals surface area contributed by atoms with Gasteiger partial charge in [0.25, 0.3) is 0 Å². The highest BCUT2D eigenvalue weighted by molar-refractivity contribution is 6.30. The Kier molecular flexibility index (Phi) is 4.55. The molecule has 0 aliphatic rings. The van der Waals surface area contributed by atoms with Gasteiger partial charge in [0.05, 0.1) is 12.0 Å². The van der Waals surface area contributed by atoms with Crippen LogP contribution in [0.15, 0.2) is 48.5 Å². The van der Waals surface area contributed by atoms with E-state index in [1.54, 1.807) is 30.3 Å². The maximum Gasteiger partial charge on any atom is 0.164 e. The van der Waals surface area contributed by atoms with Crippen molar-refractivity contribution in [2.75, 3.05) is 0 Å². The van der Waals surface area contributed by atoms with Crippen LogP contribution in [0, 0.1) is 18.3 Å². The Morgan fingerprint density at radius 3 is 2.55 bits per heavy atom. The molecular weight excluding hydrogens is 270 g/mol. The number of nitriles is 1. The van der Waals surface area contributed by atoms with Crippen LogP contribution in [0.25, 0.3) is 0 Å². The van der Waals surface area contributed by atoms with E-state index in [1.165, 1.54) is 0 Å². The number of aryl methyl sites for hydroxylation is 1. The van der Waals surface area contributed by atoms with Crippen LogP contribution in [-0.2, 0) is 0 Å². The summed E-state index contributed by atoms with van der Waals surface area (Å²) in [7, 11) is 0. The standard InChI is InChI=1S/C17H14ClNO/c1-12-3-2-4-14(9-12)17(20)10-15(11-19)13-5-7-16(18)8-6-13/h2-9,15H,10H2,1H3/t15-/m0/s1. The van der Waals surface area contributed by atoms with Crippen molar-refractivity contribution in [1.82, 2.24) is 0 Å². The number of nitrogens with zero attached hydrogens (tertiary/aromatic N) is 1. The number of rotatable bonds is 4. The van der Waals surface area contributed by atoms with Gasteiger partial charge in [-0.25, -0.2) is 0 Å². The molecule has 0 unspecified atom stereocenters. The molecule has 1 atom stereocenters. The van der Waals surface area contributed by atoms with E-state index in [2.05, 4.69) is 6.07 Å². The summed E-state index contributed by atoms with van der Waals surface area (Å²) in [5, 5.41) is 9.88. The topological polar surface area (TPSA) is 40.9 Å². The van der Waals surface area contributed by atoms with Gasteiger partial charge < -0.3 is 0 Å².